The van der Waals surface area contributed by atoms with Crippen molar-refractivity contribution in [1.29, 1.82) is 0 Å². The number of nitrogens with one attached hydrogen (secondary N) is 2. The molecule has 1 aliphatic heterocycles. The molecule has 1 saturated heterocycles. The summed E-state index contributed by atoms with van der Waals surface area (Å²) in [4.78, 5) is 15.3. The number of para-hydroxylation sites is 1. The average Bonchev–Trinajstić information content (AvgIpc) is 2.93. The fraction of sp³-hybridized carbons (Fsp3) is 0.519. The van der Waals surface area contributed by atoms with Gasteiger partial charge in [-0.1, -0.05) is 49.4 Å². The van der Waals surface area contributed by atoms with Gasteiger partial charge >= 0.3 is 0 Å². The Bertz CT molecular complexity index is 1110. The molecule has 2 fully saturated rings. The predicted octanol–water partition coefficient (Wildman–Crippen LogP) is 2.78. The van der Waals surface area contributed by atoms with Gasteiger partial charge in [-0.3, -0.25) is 4.79 Å². The SMILES string of the molecule is CCN1CCN(S(=O)(=O)N[C@H]2CC[C@](CNC(=O)c3ccccc3OC)(c3ccccc3)CC2)CC1. The second-order valence-corrected chi connectivity index (χ2v) is 11.5. The Morgan fingerprint density at radius 1 is 1.00 bits per heavy atom. The molecule has 9 heteroatoms. The first-order chi connectivity index (χ1) is 17.4. The fourth-order valence-corrected chi connectivity index (χ4v) is 6.85. The van der Waals surface area contributed by atoms with Gasteiger partial charge in [0.25, 0.3) is 16.1 Å². The summed E-state index contributed by atoms with van der Waals surface area (Å²) >= 11 is 0. The molecular formula is C27H38N4O4S. The van der Waals surface area contributed by atoms with Crippen LogP contribution in [-0.4, -0.2) is 76.0 Å². The van der Waals surface area contributed by atoms with Crippen LogP contribution in [0.2, 0.25) is 0 Å². The zero-order valence-electron chi connectivity index (χ0n) is 21.3. The van der Waals surface area contributed by atoms with E-state index in [1.807, 2.05) is 30.3 Å². The third-order valence-electron chi connectivity index (χ3n) is 7.70. The quantitative estimate of drug-likeness (QED) is 0.537. The molecule has 196 valence electrons. The third kappa shape index (κ3) is 6.08. The Balaban J connectivity index is 1.42. The van der Waals surface area contributed by atoms with Crippen LogP contribution in [0.3, 0.4) is 0 Å². The van der Waals surface area contributed by atoms with Crippen LogP contribution in [0.4, 0.5) is 0 Å². The van der Waals surface area contributed by atoms with Crippen molar-refractivity contribution in [1.82, 2.24) is 19.2 Å². The largest absolute Gasteiger partial charge is 0.496 e. The van der Waals surface area contributed by atoms with Crippen LogP contribution in [-0.2, 0) is 15.6 Å². The summed E-state index contributed by atoms with van der Waals surface area (Å²) in [6, 6.07) is 17.3. The van der Waals surface area contributed by atoms with Crippen LogP contribution in [0, 0.1) is 0 Å². The van der Waals surface area contributed by atoms with Gasteiger partial charge in [0.2, 0.25) is 0 Å². The van der Waals surface area contributed by atoms with Gasteiger partial charge < -0.3 is 15.0 Å². The minimum atomic E-state index is -3.51. The standard InChI is InChI=1S/C27H38N4O4S/c1-3-30-17-19-31(20-18-30)36(33,34)29-23-13-15-27(16-14-23,22-9-5-4-6-10-22)21-28-26(32)24-11-7-8-12-25(24)35-2/h4-12,23,29H,3,13-21H2,1-2H3,(H,28,32)/t23-,27-. The Hall–Kier alpha value is -2.46. The molecule has 2 aromatic carbocycles. The third-order valence-corrected chi connectivity index (χ3v) is 9.38. The van der Waals surface area contributed by atoms with E-state index in [2.05, 4.69) is 34.0 Å². The first-order valence-corrected chi connectivity index (χ1v) is 14.3. The molecule has 2 N–H and O–H groups in total. The summed E-state index contributed by atoms with van der Waals surface area (Å²) < 4.78 is 36.0. The van der Waals surface area contributed by atoms with Crippen LogP contribution >= 0.6 is 0 Å². The summed E-state index contributed by atoms with van der Waals surface area (Å²) in [6.45, 7) is 6.11. The van der Waals surface area contributed by atoms with Crippen molar-refractivity contribution in [3.8, 4) is 5.75 Å². The van der Waals surface area contributed by atoms with E-state index in [4.69, 9.17) is 4.74 Å². The number of piperazine rings is 1. The van der Waals surface area contributed by atoms with Crippen LogP contribution in [0.15, 0.2) is 54.6 Å². The van der Waals surface area contributed by atoms with Gasteiger partial charge in [-0.25, -0.2) is 0 Å². The van der Waals surface area contributed by atoms with Crippen LogP contribution in [0.5, 0.6) is 5.75 Å². The Morgan fingerprint density at radius 2 is 1.64 bits per heavy atom. The molecule has 0 spiro atoms. The molecule has 1 aliphatic carbocycles. The molecule has 2 aromatic rings. The Labute approximate surface area is 215 Å². The second-order valence-electron chi connectivity index (χ2n) is 9.76. The maximum absolute atomic E-state index is 13.0. The molecule has 36 heavy (non-hydrogen) atoms. The fourth-order valence-electron chi connectivity index (χ4n) is 5.40. The van der Waals surface area contributed by atoms with Gasteiger partial charge in [0, 0.05) is 44.2 Å². The first kappa shape index (κ1) is 26.6. The van der Waals surface area contributed by atoms with Gasteiger partial charge in [0.1, 0.15) is 5.75 Å². The summed E-state index contributed by atoms with van der Waals surface area (Å²) in [7, 11) is -1.95. The number of carbonyl (C=O) groups is 1. The number of ether oxygens (including phenoxy) is 1. The molecule has 1 saturated carbocycles. The van der Waals surface area contributed by atoms with Crippen LogP contribution < -0.4 is 14.8 Å². The number of nitrogens with zero attached hydrogens (tertiary/aromatic N) is 2. The number of likely N-dealkylation sites (N-methyl/N-ethyl adjacent to an activating group) is 1. The van der Waals surface area contributed by atoms with E-state index in [-0.39, 0.29) is 17.4 Å². The number of rotatable bonds is 9. The summed E-state index contributed by atoms with van der Waals surface area (Å²) in [6.07, 6.45) is 2.99. The highest BCUT2D eigenvalue weighted by atomic mass is 32.2. The zero-order valence-corrected chi connectivity index (χ0v) is 22.1. The minimum Gasteiger partial charge on any atom is -0.496 e. The van der Waals surface area contributed by atoms with Crippen molar-refractivity contribution in [3.05, 3.63) is 65.7 Å². The van der Waals surface area contributed by atoms with Gasteiger partial charge in [-0.15, -0.1) is 0 Å². The molecule has 0 radical (unpaired) electrons. The molecule has 0 unspecified atom stereocenters. The lowest BCUT2D eigenvalue weighted by molar-refractivity contribution is 0.0932. The van der Waals surface area contributed by atoms with Crippen molar-refractivity contribution in [2.45, 2.75) is 44.1 Å². The smallest absolute Gasteiger partial charge is 0.279 e. The van der Waals surface area contributed by atoms with Crippen molar-refractivity contribution >= 4 is 16.1 Å². The first-order valence-electron chi connectivity index (χ1n) is 12.8. The maximum atomic E-state index is 13.0. The van der Waals surface area contributed by atoms with Gasteiger partial charge in [0.15, 0.2) is 0 Å². The van der Waals surface area contributed by atoms with E-state index in [1.54, 1.807) is 23.5 Å². The number of methoxy groups -OCH3 is 1. The highest BCUT2D eigenvalue weighted by Crippen LogP contribution is 2.39. The topological polar surface area (TPSA) is 91.0 Å². The van der Waals surface area contributed by atoms with Gasteiger partial charge in [-0.2, -0.15) is 17.4 Å². The number of benzene rings is 2. The minimum absolute atomic E-state index is 0.110. The second kappa shape index (κ2) is 11.7. The molecule has 0 bridgehead atoms. The molecule has 0 aromatic heterocycles. The maximum Gasteiger partial charge on any atom is 0.279 e. The Kier molecular flexibility index (Phi) is 8.66. The zero-order chi connectivity index (χ0) is 25.6. The van der Waals surface area contributed by atoms with Gasteiger partial charge in [0.05, 0.1) is 12.7 Å². The van der Waals surface area contributed by atoms with Gasteiger partial charge in [-0.05, 0) is 49.9 Å². The lowest BCUT2D eigenvalue weighted by Gasteiger charge is -2.42. The Morgan fingerprint density at radius 3 is 2.28 bits per heavy atom. The van der Waals surface area contributed by atoms with Crippen molar-refractivity contribution in [3.63, 3.8) is 0 Å². The van der Waals surface area contributed by atoms with E-state index >= 15 is 0 Å². The summed E-state index contributed by atoms with van der Waals surface area (Å²) in [5, 5.41) is 3.14. The molecule has 2 aliphatic rings. The van der Waals surface area contributed by atoms with E-state index < -0.39 is 10.2 Å². The van der Waals surface area contributed by atoms with E-state index in [0.717, 1.165) is 32.5 Å². The van der Waals surface area contributed by atoms with Crippen LogP contribution in [0.25, 0.3) is 0 Å². The van der Waals surface area contributed by atoms with Crippen molar-refractivity contribution in [2.24, 2.45) is 0 Å². The number of hydrogen-bond acceptors (Lipinski definition) is 5. The summed E-state index contributed by atoms with van der Waals surface area (Å²) in [5.74, 6) is 0.374. The van der Waals surface area contributed by atoms with Crippen molar-refractivity contribution in [2.75, 3.05) is 46.4 Å². The molecule has 8 nitrogen and oxygen atoms in total. The van der Waals surface area contributed by atoms with E-state index in [9.17, 15) is 13.2 Å². The lowest BCUT2D eigenvalue weighted by Crippen LogP contribution is -2.54. The number of carbonyl (C=O) groups excluding carboxylic acids is 1. The average molecular weight is 515 g/mol. The summed E-state index contributed by atoms with van der Waals surface area (Å²) in [5.41, 5.74) is 1.42. The molecule has 1 amide bonds. The number of amides is 1. The molecule has 1 heterocycles. The van der Waals surface area contributed by atoms with Crippen molar-refractivity contribution < 1.29 is 17.9 Å². The lowest BCUT2D eigenvalue weighted by atomic mass is 9.68. The normalized spacial score (nSPS) is 23.8. The molecule has 4 rings (SSSR count). The predicted molar refractivity (Wildman–Crippen MR) is 141 cm³/mol. The number of hydrogen-bond donors (Lipinski definition) is 2. The van der Waals surface area contributed by atoms with E-state index in [0.29, 0.717) is 43.8 Å². The molecule has 0 atom stereocenters. The highest BCUT2D eigenvalue weighted by molar-refractivity contribution is 7.87. The monoisotopic (exact) mass is 514 g/mol. The highest BCUT2D eigenvalue weighted by Gasteiger charge is 2.39. The van der Waals surface area contributed by atoms with Crippen LogP contribution in [0.1, 0.15) is 48.5 Å². The molecular weight excluding hydrogens is 476 g/mol. The van der Waals surface area contributed by atoms with E-state index in [1.165, 1.54) is 5.56 Å².